The largest absolute Gasteiger partial charge is 0.497 e. The van der Waals surface area contributed by atoms with Gasteiger partial charge in [0.2, 0.25) is 0 Å². The Hall–Kier alpha value is -3.49. The van der Waals surface area contributed by atoms with Crippen molar-refractivity contribution in [3.8, 4) is 11.1 Å². The van der Waals surface area contributed by atoms with Gasteiger partial charge in [0.05, 0.1) is 12.7 Å². The number of fused-ring (bicyclic) bond motifs is 2. The quantitative estimate of drug-likeness (QED) is 0.281. The number of anilines is 2. The fourth-order valence-electron chi connectivity index (χ4n) is 9.36. The van der Waals surface area contributed by atoms with Crippen LogP contribution < -0.4 is 20.4 Å². The predicted molar refractivity (Wildman–Crippen MR) is 204 cm³/mol. The van der Waals surface area contributed by atoms with Crippen LogP contribution in [0.5, 0.6) is 0 Å². The molecule has 3 atom stereocenters. The molecule has 50 heavy (non-hydrogen) atoms. The fourth-order valence-corrected chi connectivity index (χ4v) is 9.36. The molecule has 1 spiro atoms. The van der Waals surface area contributed by atoms with Crippen molar-refractivity contribution in [2.24, 2.45) is 0 Å². The first-order valence-corrected chi connectivity index (χ1v) is 18.9. The van der Waals surface area contributed by atoms with Crippen molar-refractivity contribution in [2.45, 2.75) is 123 Å². The van der Waals surface area contributed by atoms with E-state index in [1.165, 1.54) is 11.3 Å². The number of rotatable bonds is 9. The monoisotopic (exact) mass is 684 g/mol. The first-order chi connectivity index (χ1) is 23.8. The molecule has 1 amide bonds. The number of carbonyl (C=O) groups excluding carboxylic acids is 1. The molecular weight excluding hydrogens is 624 g/mol. The first kappa shape index (κ1) is 36.3. The van der Waals surface area contributed by atoms with Crippen LogP contribution in [0.2, 0.25) is 0 Å². The molecule has 2 aromatic carbocycles. The van der Waals surface area contributed by atoms with Crippen molar-refractivity contribution in [3.63, 3.8) is 0 Å². The molecule has 4 aliphatic rings. The van der Waals surface area contributed by atoms with E-state index in [2.05, 4.69) is 106 Å². The van der Waals surface area contributed by atoms with Gasteiger partial charge in [-0.3, -0.25) is 4.79 Å². The Morgan fingerprint density at radius 3 is 2.50 bits per heavy atom. The maximum atomic E-state index is 14.3. The molecule has 0 bridgehead atoms. The maximum Gasteiger partial charge on any atom is 0.251 e. The van der Waals surface area contributed by atoms with E-state index in [1.54, 1.807) is 7.11 Å². The lowest BCUT2D eigenvalue weighted by Gasteiger charge is -2.42. The molecule has 4 aliphatic heterocycles. The van der Waals surface area contributed by atoms with Crippen molar-refractivity contribution in [2.75, 3.05) is 49.8 Å². The zero-order valence-electron chi connectivity index (χ0n) is 32.2. The lowest BCUT2D eigenvalue weighted by Crippen LogP contribution is -2.48. The van der Waals surface area contributed by atoms with E-state index in [1.807, 2.05) is 13.0 Å². The van der Waals surface area contributed by atoms with Crippen molar-refractivity contribution in [1.29, 1.82) is 0 Å². The van der Waals surface area contributed by atoms with Gasteiger partial charge < -0.3 is 34.6 Å². The summed E-state index contributed by atoms with van der Waals surface area (Å²) < 4.78 is 17.7. The van der Waals surface area contributed by atoms with Crippen LogP contribution in [0, 0.1) is 6.92 Å². The van der Waals surface area contributed by atoms with Crippen LogP contribution in [0.25, 0.3) is 11.1 Å². The number of hydrogen-bond donors (Lipinski definition) is 2. The van der Waals surface area contributed by atoms with E-state index < -0.39 is 0 Å². The number of ether oxygens (including phenoxy) is 3. The average Bonchev–Trinajstić information content (AvgIpc) is 3.30. The minimum atomic E-state index is -0.191. The smallest absolute Gasteiger partial charge is 0.251 e. The molecule has 4 heterocycles. The van der Waals surface area contributed by atoms with Crippen molar-refractivity contribution in [1.82, 2.24) is 10.6 Å². The molecule has 8 heteroatoms. The number of amides is 1. The molecule has 272 valence electrons. The fraction of sp³-hybridized carbons (Fsp3) is 0.595. The second-order valence-electron chi connectivity index (χ2n) is 15.9. The summed E-state index contributed by atoms with van der Waals surface area (Å²) in [5.41, 5.74) is 9.79. The summed E-state index contributed by atoms with van der Waals surface area (Å²) in [5.74, 6) is 0.735. The van der Waals surface area contributed by atoms with Crippen molar-refractivity contribution >= 4 is 17.3 Å². The van der Waals surface area contributed by atoms with E-state index in [-0.39, 0.29) is 23.0 Å². The van der Waals surface area contributed by atoms with Crippen molar-refractivity contribution in [3.05, 3.63) is 70.1 Å². The topological polar surface area (TPSA) is 75.3 Å². The number of allylic oxidation sites excluding steroid dienone is 2. The highest BCUT2D eigenvalue weighted by atomic mass is 16.5. The van der Waals surface area contributed by atoms with Gasteiger partial charge in [-0.2, -0.15) is 0 Å². The molecule has 3 unspecified atom stereocenters. The van der Waals surface area contributed by atoms with Crippen LogP contribution in [0.3, 0.4) is 0 Å². The van der Waals surface area contributed by atoms with Gasteiger partial charge in [0.1, 0.15) is 5.76 Å². The minimum absolute atomic E-state index is 0.0578. The lowest BCUT2D eigenvalue weighted by molar-refractivity contribution is -0.0588. The molecule has 0 aliphatic carbocycles. The Morgan fingerprint density at radius 2 is 1.84 bits per heavy atom. The molecule has 2 fully saturated rings. The zero-order chi connectivity index (χ0) is 36.0. The van der Waals surface area contributed by atoms with Crippen LogP contribution in [0.4, 0.5) is 11.4 Å². The second-order valence-corrected chi connectivity index (χ2v) is 15.9. The summed E-state index contributed by atoms with van der Waals surface area (Å²) in [6.45, 7) is 23.4. The maximum absolute atomic E-state index is 14.3. The summed E-state index contributed by atoms with van der Waals surface area (Å²) >= 11 is 0. The van der Waals surface area contributed by atoms with Gasteiger partial charge in [0.15, 0.2) is 0 Å². The molecular formula is C42H60N4O4. The molecule has 0 radical (unpaired) electrons. The van der Waals surface area contributed by atoms with Gasteiger partial charge in [-0.25, -0.2) is 0 Å². The number of benzene rings is 2. The summed E-state index contributed by atoms with van der Waals surface area (Å²) in [4.78, 5) is 19.4. The van der Waals surface area contributed by atoms with E-state index >= 15 is 0 Å². The highest BCUT2D eigenvalue weighted by Gasteiger charge is 2.50. The van der Waals surface area contributed by atoms with E-state index in [0.717, 1.165) is 91.5 Å². The molecule has 6 rings (SSSR count). The molecule has 2 aromatic rings. The third-order valence-corrected chi connectivity index (χ3v) is 12.0. The summed E-state index contributed by atoms with van der Waals surface area (Å²) in [6.07, 6.45) is 5.98. The van der Waals surface area contributed by atoms with E-state index in [0.29, 0.717) is 30.2 Å². The van der Waals surface area contributed by atoms with Gasteiger partial charge >= 0.3 is 0 Å². The third kappa shape index (κ3) is 6.66. The van der Waals surface area contributed by atoms with E-state index in [4.69, 9.17) is 14.2 Å². The number of nitrogens with one attached hydrogen (secondary N) is 2. The molecule has 2 N–H and O–H groups in total. The van der Waals surface area contributed by atoms with Crippen LogP contribution in [0.1, 0.15) is 103 Å². The number of carbonyl (C=O) groups is 1. The Balaban J connectivity index is 1.44. The summed E-state index contributed by atoms with van der Waals surface area (Å²) in [5, 5.41) is 6.75. The SMILES string of the molecule is CCN(c1cc(-c2ccc3c(c2)N(C(C)C)C(C)C32CCOCC2)cc(C(=O)NCC2=C(OC)C=C(C)NC2C)c1C)C1CCOC(C)(C)C1. The highest BCUT2D eigenvalue weighted by Crippen LogP contribution is 2.52. The lowest BCUT2D eigenvalue weighted by atomic mass is 9.71. The van der Waals surface area contributed by atoms with Gasteiger partial charge in [-0.05, 0) is 135 Å². The molecule has 0 aromatic heterocycles. The molecule has 2 saturated heterocycles. The number of hydrogen-bond acceptors (Lipinski definition) is 7. The summed E-state index contributed by atoms with van der Waals surface area (Å²) in [7, 11) is 1.69. The molecule has 0 saturated carbocycles. The second kappa shape index (κ2) is 14.3. The average molecular weight is 685 g/mol. The van der Waals surface area contributed by atoms with Gasteiger partial charge in [-0.15, -0.1) is 0 Å². The van der Waals surface area contributed by atoms with Crippen LogP contribution in [-0.4, -0.2) is 75.7 Å². The first-order valence-electron chi connectivity index (χ1n) is 18.9. The summed E-state index contributed by atoms with van der Waals surface area (Å²) in [6, 6.07) is 12.6. The van der Waals surface area contributed by atoms with Crippen molar-refractivity contribution < 1.29 is 19.0 Å². The van der Waals surface area contributed by atoms with Gasteiger partial charge in [-0.1, -0.05) is 12.1 Å². The number of methoxy groups -OCH3 is 1. The van der Waals surface area contributed by atoms with E-state index in [9.17, 15) is 4.79 Å². The van der Waals surface area contributed by atoms with Crippen LogP contribution in [-0.2, 0) is 19.6 Å². The Bertz CT molecular complexity index is 1650. The van der Waals surface area contributed by atoms with Crippen LogP contribution >= 0.6 is 0 Å². The number of nitrogens with zero attached hydrogens (tertiary/aromatic N) is 2. The zero-order valence-corrected chi connectivity index (χ0v) is 32.2. The number of dihydropyridines is 1. The Morgan fingerprint density at radius 1 is 1.10 bits per heavy atom. The highest BCUT2D eigenvalue weighted by molar-refractivity contribution is 5.99. The van der Waals surface area contributed by atoms with Gasteiger partial charge in [0, 0.05) is 90.7 Å². The van der Waals surface area contributed by atoms with Gasteiger partial charge in [0.25, 0.3) is 5.91 Å². The Kier molecular flexibility index (Phi) is 10.4. The third-order valence-electron chi connectivity index (χ3n) is 12.0. The normalized spacial score (nSPS) is 24.2. The Labute approximate surface area is 300 Å². The standard InChI is InChI=1S/C42H60N4O4/c1-11-45(33-14-17-50-41(8,9)24-33)37-23-32(21-34(28(37)5)40(47)43-25-35-29(6)44-27(4)20-39(35)48-10)31-12-13-36-38(22-31)46(26(2)3)30(7)42(36)15-18-49-19-16-42/h12-13,20-23,26,29-30,33,44H,11,14-19,24-25H2,1-10H3,(H,43,47). The van der Waals surface area contributed by atoms with Crippen LogP contribution in [0.15, 0.2) is 53.4 Å². The minimum Gasteiger partial charge on any atom is -0.497 e. The molecule has 8 nitrogen and oxygen atoms in total. The predicted octanol–water partition coefficient (Wildman–Crippen LogP) is 7.64.